The fourth-order valence-electron chi connectivity index (χ4n) is 7.89. The summed E-state index contributed by atoms with van der Waals surface area (Å²) in [6, 6.07) is 0. The van der Waals surface area contributed by atoms with Crippen molar-refractivity contribution in [2.45, 2.75) is 284 Å². The van der Waals surface area contributed by atoms with E-state index < -0.39 is 6.10 Å². The monoisotopic (exact) mass is 935 g/mol. The molecule has 0 N–H and O–H groups in total. The first kappa shape index (κ1) is 63.8. The van der Waals surface area contributed by atoms with Crippen molar-refractivity contribution in [3.05, 3.63) is 72.9 Å². The number of allylic oxidation sites excluding steroid dienone is 12. The topological polar surface area (TPSA) is 78.9 Å². The van der Waals surface area contributed by atoms with Crippen LogP contribution in [0.1, 0.15) is 278 Å². The van der Waals surface area contributed by atoms with Crippen molar-refractivity contribution in [3.63, 3.8) is 0 Å². The number of hydrogen-bond acceptors (Lipinski definition) is 6. The lowest BCUT2D eigenvalue weighted by atomic mass is 10.1. The summed E-state index contributed by atoms with van der Waals surface area (Å²) in [6.45, 7) is 6.49. The largest absolute Gasteiger partial charge is 0.462 e. The molecule has 0 radical (unpaired) electrons. The Morgan fingerprint density at radius 3 is 0.955 bits per heavy atom. The van der Waals surface area contributed by atoms with Gasteiger partial charge in [0.2, 0.25) is 0 Å². The summed E-state index contributed by atoms with van der Waals surface area (Å²) in [5, 5.41) is 0. The van der Waals surface area contributed by atoms with Gasteiger partial charge in [-0.05, 0) is 109 Å². The van der Waals surface area contributed by atoms with Crippen LogP contribution >= 0.6 is 0 Å². The molecular weight excluding hydrogens is 829 g/mol. The molecule has 6 heteroatoms. The molecule has 0 spiro atoms. The molecule has 386 valence electrons. The molecule has 0 rings (SSSR count). The zero-order chi connectivity index (χ0) is 48.6. The van der Waals surface area contributed by atoms with Crippen LogP contribution in [0, 0.1) is 0 Å². The Labute approximate surface area is 414 Å². The molecule has 0 aromatic heterocycles. The summed E-state index contributed by atoms with van der Waals surface area (Å²) < 4.78 is 16.8. The third-order valence-electron chi connectivity index (χ3n) is 12.2. The molecule has 1 atom stereocenters. The number of hydrogen-bond donors (Lipinski definition) is 0. The van der Waals surface area contributed by atoms with E-state index >= 15 is 0 Å². The van der Waals surface area contributed by atoms with Gasteiger partial charge in [-0.1, -0.05) is 222 Å². The van der Waals surface area contributed by atoms with Crippen molar-refractivity contribution in [2.75, 3.05) is 13.2 Å². The van der Waals surface area contributed by atoms with Crippen LogP contribution in [-0.4, -0.2) is 37.2 Å². The summed E-state index contributed by atoms with van der Waals surface area (Å²) in [4.78, 5) is 38.1. The minimum Gasteiger partial charge on any atom is -0.462 e. The van der Waals surface area contributed by atoms with Crippen LogP contribution in [-0.2, 0) is 28.6 Å². The fourth-order valence-corrected chi connectivity index (χ4v) is 7.89. The molecule has 0 saturated heterocycles. The third kappa shape index (κ3) is 53.7. The Kier molecular flexibility index (Phi) is 52.8. The van der Waals surface area contributed by atoms with Gasteiger partial charge >= 0.3 is 17.9 Å². The van der Waals surface area contributed by atoms with E-state index in [0.717, 1.165) is 96.3 Å². The summed E-state index contributed by atoms with van der Waals surface area (Å²) in [5.74, 6) is -0.942. The third-order valence-corrected chi connectivity index (χ3v) is 12.2. The highest BCUT2D eigenvalue weighted by molar-refractivity contribution is 5.71. The zero-order valence-electron chi connectivity index (χ0n) is 44.2. The van der Waals surface area contributed by atoms with Gasteiger partial charge in [-0.15, -0.1) is 0 Å². The van der Waals surface area contributed by atoms with Gasteiger partial charge in [-0.25, -0.2) is 0 Å². The molecule has 6 nitrogen and oxygen atoms in total. The first-order valence-corrected chi connectivity index (χ1v) is 28.4. The zero-order valence-corrected chi connectivity index (χ0v) is 44.2. The number of rotatable bonds is 51. The van der Waals surface area contributed by atoms with Gasteiger partial charge in [0.1, 0.15) is 13.2 Å². The minimum atomic E-state index is -0.798. The Morgan fingerprint density at radius 2 is 0.582 bits per heavy atom. The Bertz CT molecular complexity index is 1260. The predicted octanol–water partition coefficient (Wildman–Crippen LogP) is 19.0. The quantitative estimate of drug-likeness (QED) is 0.0262. The standard InChI is InChI=1S/C61H106O6/c1-4-7-10-13-16-19-22-25-28-30-31-34-36-39-42-45-48-51-54-60(63)66-57-58(56-65-59(62)53-50-47-44-41-38-35-32-27-24-21-18-15-12-9-6-3)67-61(64)55-52-49-46-43-40-37-33-29-26-23-20-17-14-11-8-5-2/h9,12,18,21,27-30,32-33,38,41,58H,4-8,10-11,13-17,19-20,22-26,31,34-37,39-40,42-57H2,1-3H3/b12-9-,21-18-,30-28-,32-27-,33-29-,41-38-. The molecule has 0 bridgehead atoms. The van der Waals surface area contributed by atoms with E-state index in [1.165, 1.54) is 141 Å². The highest BCUT2D eigenvalue weighted by Crippen LogP contribution is 2.15. The van der Waals surface area contributed by atoms with Gasteiger partial charge in [-0.2, -0.15) is 0 Å². The second-order valence-corrected chi connectivity index (χ2v) is 18.8. The van der Waals surface area contributed by atoms with Gasteiger partial charge in [0, 0.05) is 19.3 Å². The number of ether oxygens (including phenoxy) is 3. The SMILES string of the molecule is CC/C=C\C/C=C\C/C=C\C/C=C\CCCCC(=O)OCC(COC(=O)CCCCCCCCC/C=C\CCCCCCCCC)OC(=O)CCCCCCC/C=C\CCCCCCCCC. The molecule has 0 aromatic rings. The van der Waals surface area contributed by atoms with E-state index in [2.05, 4.69) is 93.7 Å². The summed E-state index contributed by atoms with van der Waals surface area (Å²) >= 11 is 0. The molecular formula is C61H106O6. The van der Waals surface area contributed by atoms with Gasteiger partial charge < -0.3 is 14.2 Å². The van der Waals surface area contributed by atoms with Gasteiger partial charge in [0.15, 0.2) is 6.10 Å². The summed E-state index contributed by atoms with van der Waals surface area (Å²) in [6.07, 6.45) is 70.4. The highest BCUT2D eigenvalue weighted by Gasteiger charge is 2.19. The number of esters is 3. The van der Waals surface area contributed by atoms with Crippen molar-refractivity contribution in [2.24, 2.45) is 0 Å². The van der Waals surface area contributed by atoms with Gasteiger partial charge in [0.05, 0.1) is 0 Å². The average molecular weight is 936 g/mol. The van der Waals surface area contributed by atoms with E-state index in [9.17, 15) is 14.4 Å². The van der Waals surface area contributed by atoms with Crippen LogP contribution in [0.3, 0.4) is 0 Å². The fraction of sp³-hybridized carbons (Fsp3) is 0.754. The number of unbranched alkanes of at least 4 members (excludes halogenated alkanes) is 28. The lowest BCUT2D eigenvalue weighted by molar-refractivity contribution is -0.167. The first-order valence-electron chi connectivity index (χ1n) is 28.4. The van der Waals surface area contributed by atoms with E-state index in [-0.39, 0.29) is 31.1 Å². The summed E-state index contributed by atoms with van der Waals surface area (Å²) in [7, 11) is 0. The maximum atomic E-state index is 12.8. The first-order chi connectivity index (χ1) is 33.0. The number of carbonyl (C=O) groups excluding carboxylic acids is 3. The van der Waals surface area contributed by atoms with Crippen LogP contribution < -0.4 is 0 Å². The average Bonchev–Trinajstić information content (AvgIpc) is 3.33. The van der Waals surface area contributed by atoms with Crippen molar-refractivity contribution < 1.29 is 28.6 Å². The molecule has 0 saturated carbocycles. The lowest BCUT2D eigenvalue weighted by Crippen LogP contribution is -2.30. The Morgan fingerprint density at radius 1 is 0.313 bits per heavy atom. The molecule has 1 unspecified atom stereocenters. The molecule has 0 aliphatic heterocycles. The second-order valence-electron chi connectivity index (χ2n) is 18.8. The molecule has 0 heterocycles. The van der Waals surface area contributed by atoms with Crippen LogP contribution in [0.5, 0.6) is 0 Å². The van der Waals surface area contributed by atoms with E-state index in [4.69, 9.17) is 14.2 Å². The predicted molar refractivity (Wildman–Crippen MR) is 288 cm³/mol. The van der Waals surface area contributed by atoms with Gasteiger partial charge in [-0.3, -0.25) is 14.4 Å². The molecule has 0 aliphatic rings. The Balaban J connectivity index is 4.44. The van der Waals surface area contributed by atoms with E-state index in [1.54, 1.807) is 0 Å². The number of carbonyl (C=O) groups is 3. The lowest BCUT2D eigenvalue weighted by Gasteiger charge is -2.18. The molecule has 0 amide bonds. The maximum absolute atomic E-state index is 12.8. The maximum Gasteiger partial charge on any atom is 0.306 e. The van der Waals surface area contributed by atoms with E-state index in [0.29, 0.717) is 19.3 Å². The Hall–Kier alpha value is -3.15. The van der Waals surface area contributed by atoms with Crippen molar-refractivity contribution in [1.29, 1.82) is 0 Å². The van der Waals surface area contributed by atoms with Crippen molar-refractivity contribution in [1.82, 2.24) is 0 Å². The van der Waals surface area contributed by atoms with Crippen LogP contribution in [0.15, 0.2) is 72.9 Å². The highest BCUT2D eigenvalue weighted by atomic mass is 16.6. The molecule has 0 aromatic carbocycles. The smallest absolute Gasteiger partial charge is 0.306 e. The molecule has 67 heavy (non-hydrogen) atoms. The van der Waals surface area contributed by atoms with E-state index in [1.807, 2.05) is 0 Å². The second kappa shape index (κ2) is 55.4. The van der Waals surface area contributed by atoms with Crippen molar-refractivity contribution in [3.8, 4) is 0 Å². The normalized spacial score (nSPS) is 12.6. The van der Waals surface area contributed by atoms with Gasteiger partial charge in [0.25, 0.3) is 0 Å². The molecule has 0 fully saturated rings. The van der Waals surface area contributed by atoms with Crippen LogP contribution in [0.25, 0.3) is 0 Å². The molecule has 0 aliphatic carbocycles. The van der Waals surface area contributed by atoms with Crippen LogP contribution in [0.4, 0.5) is 0 Å². The minimum absolute atomic E-state index is 0.0936. The summed E-state index contributed by atoms with van der Waals surface area (Å²) in [5.41, 5.74) is 0. The van der Waals surface area contributed by atoms with Crippen LogP contribution in [0.2, 0.25) is 0 Å². The van der Waals surface area contributed by atoms with Crippen molar-refractivity contribution >= 4 is 17.9 Å².